The summed E-state index contributed by atoms with van der Waals surface area (Å²) >= 11 is 0. The van der Waals surface area contributed by atoms with E-state index in [1.54, 1.807) is 0 Å². The number of carboxylic acid groups (broad SMARTS) is 1. The number of carbonyl (C=O) groups is 1. The molecule has 0 aliphatic carbocycles. The van der Waals surface area contributed by atoms with Gasteiger partial charge in [0, 0.05) is 0 Å². The Bertz CT molecular complexity index is 541. The first-order chi connectivity index (χ1) is 10.4. The van der Waals surface area contributed by atoms with Crippen LogP contribution in [0.1, 0.15) is 63.6 Å². The van der Waals surface area contributed by atoms with Gasteiger partial charge in [0.05, 0.1) is 5.57 Å². The minimum Gasteiger partial charge on any atom is -0.507 e. The Balaban J connectivity index is 0.00000484. The fraction of sp³-hybridized carbons (Fsp3) is 0.450. The highest BCUT2D eigenvalue weighted by Gasteiger charge is 2.15. The number of aromatic hydroxyl groups is 1. The predicted octanol–water partition coefficient (Wildman–Crippen LogP) is 5.37. The topological polar surface area (TPSA) is 57.5 Å². The summed E-state index contributed by atoms with van der Waals surface area (Å²) in [4.78, 5) is 11.1. The molecule has 0 fully saturated rings. The van der Waals surface area contributed by atoms with Crippen LogP contribution in [0.3, 0.4) is 0 Å². The van der Waals surface area contributed by atoms with Crippen molar-refractivity contribution >= 4 is 11.5 Å². The van der Waals surface area contributed by atoms with Gasteiger partial charge in [0.15, 0.2) is 0 Å². The molecule has 0 aliphatic heterocycles. The van der Waals surface area contributed by atoms with Gasteiger partial charge in [0.2, 0.25) is 0 Å². The van der Waals surface area contributed by atoms with Crippen molar-refractivity contribution in [3.63, 3.8) is 0 Å². The molecule has 0 aromatic heterocycles. The maximum absolute atomic E-state index is 11.1. The summed E-state index contributed by atoms with van der Waals surface area (Å²) in [5, 5.41) is 19.5. The number of phenols is 1. The van der Waals surface area contributed by atoms with Crippen LogP contribution in [0.25, 0.3) is 5.57 Å². The van der Waals surface area contributed by atoms with Crippen molar-refractivity contribution in [2.75, 3.05) is 0 Å². The second-order valence-corrected chi connectivity index (χ2v) is 5.61. The average molecular weight is 318 g/mol. The highest BCUT2D eigenvalue weighted by atomic mass is 16.4. The second kappa shape index (κ2) is 9.88. The van der Waals surface area contributed by atoms with Gasteiger partial charge in [0.1, 0.15) is 5.75 Å². The number of unbranched alkanes of at least 4 members (excludes halogenated alkanes) is 2. The van der Waals surface area contributed by atoms with Gasteiger partial charge in [-0.2, -0.15) is 0 Å². The van der Waals surface area contributed by atoms with Gasteiger partial charge in [-0.3, -0.25) is 0 Å². The van der Waals surface area contributed by atoms with Crippen molar-refractivity contribution < 1.29 is 15.0 Å². The largest absolute Gasteiger partial charge is 0.507 e. The molecule has 128 valence electrons. The summed E-state index contributed by atoms with van der Waals surface area (Å²) in [6, 6.07) is 3.69. The molecule has 3 nitrogen and oxygen atoms in total. The van der Waals surface area contributed by atoms with E-state index in [-0.39, 0.29) is 13.0 Å². The van der Waals surface area contributed by atoms with Crippen molar-refractivity contribution in [1.82, 2.24) is 0 Å². The Morgan fingerprint density at radius 1 is 1.04 bits per heavy atom. The predicted molar refractivity (Wildman–Crippen MR) is 97.9 cm³/mol. The minimum atomic E-state index is -1.07. The third-order valence-corrected chi connectivity index (χ3v) is 3.84. The van der Waals surface area contributed by atoms with Gasteiger partial charge in [-0.1, -0.05) is 47.3 Å². The molecule has 0 amide bonds. The van der Waals surface area contributed by atoms with E-state index >= 15 is 0 Å². The highest BCUT2D eigenvalue weighted by Crippen LogP contribution is 2.32. The zero-order valence-electron chi connectivity index (χ0n) is 13.6. The highest BCUT2D eigenvalue weighted by molar-refractivity contribution is 6.04. The first kappa shape index (κ1) is 21.0. The molecule has 1 rings (SSSR count). The lowest BCUT2D eigenvalue weighted by atomic mass is 9.92. The van der Waals surface area contributed by atoms with Crippen LogP contribution >= 0.6 is 0 Å². The summed E-state index contributed by atoms with van der Waals surface area (Å²) in [5.74, 6) is -0.720. The lowest BCUT2D eigenvalue weighted by Gasteiger charge is -2.14. The SMILES string of the molecule is C.C=C(C(=C)c1cc(CCCC)c(O)c(CCCC)c1)C(=O)O. The van der Waals surface area contributed by atoms with E-state index < -0.39 is 5.97 Å². The zero-order valence-corrected chi connectivity index (χ0v) is 13.6. The smallest absolute Gasteiger partial charge is 0.335 e. The van der Waals surface area contributed by atoms with Gasteiger partial charge in [-0.25, -0.2) is 4.79 Å². The third kappa shape index (κ3) is 5.59. The summed E-state index contributed by atoms with van der Waals surface area (Å²) < 4.78 is 0. The maximum atomic E-state index is 11.1. The Labute approximate surface area is 140 Å². The average Bonchev–Trinajstić information content (AvgIpc) is 2.51. The molecule has 3 heteroatoms. The molecule has 0 saturated carbocycles. The summed E-state index contributed by atoms with van der Waals surface area (Å²) in [6.07, 6.45) is 5.60. The molecule has 0 unspecified atom stereocenters. The van der Waals surface area contributed by atoms with Crippen molar-refractivity contribution in [2.45, 2.75) is 59.8 Å². The number of aryl methyl sites for hydroxylation is 2. The number of phenolic OH excluding ortho intramolecular Hbond substituents is 1. The number of hydrogen-bond acceptors (Lipinski definition) is 2. The molecule has 0 bridgehead atoms. The normalized spacial score (nSPS) is 10.0. The van der Waals surface area contributed by atoms with E-state index in [1.165, 1.54) is 0 Å². The van der Waals surface area contributed by atoms with E-state index in [4.69, 9.17) is 5.11 Å². The molecule has 0 radical (unpaired) electrons. The van der Waals surface area contributed by atoms with Crippen molar-refractivity contribution in [3.8, 4) is 5.75 Å². The number of hydrogen-bond donors (Lipinski definition) is 2. The maximum Gasteiger partial charge on any atom is 0.335 e. The molecular weight excluding hydrogens is 288 g/mol. The van der Waals surface area contributed by atoms with E-state index in [1.807, 2.05) is 12.1 Å². The lowest BCUT2D eigenvalue weighted by molar-refractivity contribution is -0.132. The van der Waals surface area contributed by atoms with Crippen LogP contribution in [0.2, 0.25) is 0 Å². The summed E-state index contributed by atoms with van der Waals surface area (Å²) in [5.41, 5.74) is 2.87. The molecule has 0 heterocycles. The van der Waals surface area contributed by atoms with Crippen LogP contribution in [0, 0.1) is 0 Å². The Morgan fingerprint density at radius 2 is 1.48 bits per heavy atom. The van der Waals surface area contributed by atoms with Gasteiger partial charge < -0.3 is 10.2 Å². The Morgan fingerprint density at radius 3 is 1.83 bits per heavy atom. The molecule has 0 saturated heterocycles. The van der Waals surface area contributed by atoms with Crippen molar-refractivity contribution in [3.05, 3.63) is 47.6 Å². The van der Waals surface area contributed by atoms with Crippen LogP contribution in [0.15, 0.2) is 30.9 Å². The second-order valence-electron chi connectivity index (χ2n) is 5.61. The Hall–Kier alpha value is -2.03. The number of aliphatic carboxylic acids is 1. The molecule has 1 aromatic carbocycles. The number of rotatable bonds is 9. The van der Waals surface area contributed by atoms with Crippen molar-refractivity contribution in [1.29, 1.82) is 0 Å². The monoisotopic (exact) mass is 318 g/mol. The number of benzene rings is 1. The molecule has 1 aromatic rings. The van der Waals surface area contributed by atoms with E-state index in [9.17, 15) is 9.90 Å². The molecule has 0 atom stereocenters. The molecule has 23 heavy (non-hydrogen) atoms. The summed E-state index contributed by atoms with van der Waals surface area (Å²) in [6.45, 7) is 11.6. The van der Waals surface area contributed by atoms with Crippen molar-refractivity contribution in [2.24, 2.45) is 0 Å². The molecular formula is C20H30O3. The molecule has 0 aliphatic rings. The van der Waals surface area contributed by atoms with Crippen LogP contribution in [-0.4, -0.2) is 16.2 Å². The fourth-order valence-corrected chi connectivity index (χ4v) is 2.35. The minimum absolute atomic E-state index is 0. The van der Waals surface area contributed by atoms with Gasteiger partial charge in [-0.05, 0) is 60.1 Å². The van der Waals surface area contributed by atoms with Gasteiger partial charge >= 0.3 is 5.97 Å². The lowest BCUT2D eigenvalue weighted by Crippen LogP contribution is -2.03. The van der Waals surface area contributed by atoms with Crippen LogP contribution in [-0.2, 0) is 17.6 Å². The van der Waals surface area contributed by atoms with Gasteiger partial charge in [0.25, 0.3) is 0 Å². The zero-order chi connectivity index (χ0) is 16.7. The quantitative estimate of drug-likeness (QED) is 0.475. The van der Waals surface area contributed by atoms with E-state index in [0.29, 0.717) is 11.3 Å². The van der Waals surface area contributed by atoms with E-state index in [2.05, 4.69) is 27.0 Å². The van der Waals surface area contributed by atoms with E-state index in [0.717, 1.165) is 55.2 Å². The number of carboxylic acids is 1. The van der Waals surface area contributed by atoms with Crippen LogP contribution in [0.5, 0.6) is 5.75 Å². The van der Waals surface area contributed by atoms with Crippen LogP contribution in [0.4, 0.5) is 0 Å². The van der Waals surface area contributed by atoms with Gasteiger partial charge in [-0.15, -0.1) is 0 Å². The first-order valence-electron chi connectivity index (χ1n) is 7.88. The van der Waals surface area contributed by atoms with Crippen LogP contribution < -0.4 is 0 Å². The first-order valence-corrected chi connectivity index (χ1v) is 7.88. The Kier molecular flexibility index (Phi) is 9.01. The molecule has 0 spiro atoms. The fourth-order valence-electron chi connectivity index (χ4n) is 2.35. The third-order valence-electron chi connectivity index (χ3n) is 3.84. The standard InChI is InChI=1S/C19H26O3.CH4/c1-5-7-9-15-11-17(13(3)14(4)19(21)22)12-16(18(15)20)10-8-6-2;/h11-12,20H,3-10H2,1-2H3,(H,21,22);1H4. The molecule has 2 N–H and O–H groups in total. The summed E-state index contributed by atoms with van der Waals surface area (Å²) in [7, 11) is 0.